The lowest BCUT2D eigenvalue weighted by molar-refractivity contribution is -0.317. The average Bonchev–Trinajstić information content (AvgIpc) is 3.09. The van der Waals surface area contributed by atoms with Crippen LogP contribution < -0.4 is 0 Å². The van der Waals surface area contributed by atoms with Gasteiger partial charge in [-0.1, -0.05) is 48.5 Å². The maximum atomic E-state index is 2.50. The minimum Gasteiger partial charge on any atom is -0.0620 e. The molecule has 0 saturated heterocycles. The van der Waals surface area contributed by atoms with Crippen molar-refractivity contribution in [3.05, 3.63) is 70.8 Å². The van der Waals surface area contributed by atoms with E-state index in [2.05, 4.69) is 48.5 Å². The fraction of sp³-hybridized carbons (Fsp3) is 0.500. The van der Waals surface area contributed by atoms with Gasteiger partial charge in [0, 0.05) is 11.8 Å². The maximum Gasteiger partial charge on any atom is 0.0163 e. The van der Waals surface area contributed by atoms with E-state index in [-0.39, 0.29) is 0 Å². The Morgan fingerprint density at radius 2 is 1.33 bits per heavy atom. The highest BCUT2D eigenvalue weighted by Crippen LogP contribution is 3.04. The summed E-state index contributed by atoms with van der Waals surface area (Å²) in [6.07, 6.45) is 3.19. The average molecular weight is 308 g/mol. The summed E-state index contributed by atoms with van der Waals surface area (Å²) in [6, 6.07) is 19.2. The van der Waals surface area contributed by atoms with Crippen LogP contribution in [0.15, 0.2) is 48.5 Å². The van der Waals surface area contributed by atoms with E-state index < -0.39 is 0 Å². The normalized spacial score (nSPS) is 59.7. The Morgan fingerprint density at radius 3 is 2.00 bits per heavy atom. The van der Waals surface area contributed by atoms with Gasteiger partial charge in [-0.05, 0) is 81.4 Å². The molecule has 0 N–H and O–H groups in total. The van der Waals surface area contributed by atoms with Gasteiger partial charge in [-0.3, -0.25) is 0 Å². The fourth-order valence-corrected chi connectivity index (χ4v) is 11.1. The molecular formula is C24H20. The zero-order valence-corrected chi connectivity index (χ0v) is 13.7. The number of hydrogen-bond donors (Lipinski definition) is 0. The van der Waals surface area contributed by atoms with E-state index in [1.165, 1.54) is 0 Å². The summed E-state index contributed by atoms with van der Waals surface area (Å²) in [4.78, 5) is 0. The van der Waals surface area contributed by atoms with Crippen LogP contribution in [0, 0.1) is 46.3 Å². The second-order valence-corrected chi connectivity index (χ2v) is 10.1. The Balaban J connectivity index is 1.51. The third-order valence-electron chi connectivity index (χ3n) is 10.7. The molecule has 0 aliphatic heterocycles. The summed E-state index contributed by atoms with van der Waals surface area (Å²) in [6.45, 7) is 0. The number of rotatable bonds is 0. The molecule has 6 bridgehead atoms. The van der Waals surface area contributed by atoms with Gasteiger partial charge in [0.25, 0.3) is 0 Å². The first kappa shape index (κ1) is 11.1. The lowest BCUT2D eigenvalue weighted by Crippen LogP contribution is -2.79. The lowest BCUT2D eigenvalue weighted by Gasteiger charge is -2.83. The van der Waals surface area contributed by atoms with Crippen LogP contribution >= 0.6 is 0 Å². The van der Waals surface area contributed by atoms with E-state index in [1.54, 1.807) is 35.1 Å². The lowest BCUT2D eigenvalue weighted by atomic mass is 9.20. The van der Waals surface area contributed by atoms with Crippen LogP contribution in [0.3, 0.4) is 0 Å². The molecule has 0 heterocycles. The molecule has 2 spiro atoms. The van der Waals surface area contributed by atoms with Crippen molar-refractivity contribution in [2.75, 3.05) is 0 Å². The maximum absolute atomic E-state index is 2.50. The van der Waals surface area contributed by atoms with Gasteiger partial charge in [-0.2, -0.15) is 0 Å². The summed E-state index contributed by atoms with van der Waals surface area (Å²) in [7, 11) is 0. The molecule has 8 unspecified atom stereocenters. The standard InChI is InChI=1S/C24H20/c1-3-7-13-11(5-1)19-12-6-2-4-8-14(12)20(13)24-17-9-15-18-16(17)10-23(19,24)22(18)21(15)24/h1-8,15-22H,9-10H2. The minimum absolute atomic E-state index is 0.679. The van der Waals surface area contributed by atoms with Crippen molar-refractivity contribution in [3.8, 4) is 0 Å². The quantitative estimate of drug-likeness (QED) is 0.656. The van der Waals surface area contributed by atoms with Gasteiger partial charge in [0.05, 0.1) is 0 Å². The first-order chi connectivity index (χ1) is 11.9. The monoisotopic (exact) mass is 308 g/mol. The summed E-state index contributed by atoms with van der Waals surface area (Å²) in [5, 5.41) is 0. The molecule has 2 aromatic carbocycles. The molecule has 0 heteroatoms. The summed E-state index contributed by atoms with van der Waals surface area (Å²) in [5.41, 5.74) is 8.27. The minimum atomic E-state index is 0.679. The van der Waals surface area contributed by atoms with E-state index in [1.807, 2.05) is 0 Å². The van der Waals surface area contributed by atoms with Gasteiger partial charge in [0.2, 0.25) is 0 Å². The van der Waals surface area contributed by atoms with Crippen molar-refractivity contribution in [1.82, 2.24) is 0 Å². The molecule has 0 amide bonds. The Kier molecular flexibility index (Phi) is 1.30. The molecule has 0 nitrogen and oxygen atoms in total. The molecule has 9 aliphatic rings. The number of hydrogen-bond acceptors (Lipinski definition) is 0. The van der Waals surface area contributed by atoms with Crippen LogP contribution in [0.5, 0.6) is 0 Å². The Bertz CT molecular complexity index is 955. The van der Waals surface area contributed by atoms with Crippen LogP contribution in [-0.2, 0) is 0 Å². The molecule has 8 atom stereocenters. The predicted octanol–water partition coefficient (Wildman–Crippen LogP) is 4.80. The van der Waals surface area contributed by atoms with E-state index in [9.17, 15) is 0 Å². The molecule has 6 saturated carbocycles. The second kappa shape index (κ2) is 2.81. The molecular weight excluding hydrogens is 288 g/mol. The largest absolute Gasteiger partial charge is 0.0620 e. The topological polar surface area (TPSA) is 0 Å². The highest BCUT2D eigenvalue weighted by molar-refractivity contribution is 5.66. The van der Waals surface area contributed by atoms with Crippen molar-refractivity contribution >= 4 is 0 Å². The molecule has 2 aromatic rings. The van der Waals surface area contributed by atoms with Crippen LogP contribution in [0.2, 0.25) is 0 Å². The second-order valence-electron chi connectivity index (χ2n) is 10.1. The number of benzene rings is 2. The SMILES string of the molecule is c1ccc2c(c1)C1c3ccccc3C2C23C4CC5C6C4CC12C6C53. The molecule has 24 heavy (non-hydrogen) atoms. The van der Waals surface area contributed by atoms with E-state index in [0.29, 0.717) is 10.8 Å². The van der Waals surface area contributed by atoms with Gasteiger partial charge < -0.3 is 0 Å². The van der Waals surface area contributed by atoms with Gasteiger partial charge in [-0.25, -0.2) is 0 Å². The summed E-state index contributed by atoms with van der Waals surface area (Å²) >= 11 is 0. The molecule has 116 valence electrons. The third kappa shape index (κ3) is 0.657. The summed E-state index contributed by atoms with van der Waals surface area (Å²) < 4.78 is 0. The van der Waals surface area contributed by atoms with Gasteiger partial charge in [0.1, 0.15) is 0 Å². The zero-order valence-electron chi connectivity index (χ0n) is 13.7. The van der Waals surface area contributed by atoms with Crippen molar-refractivity contribution in [2.24, 2.45) is 46.3 Å². The zero-order chi connectivity index (χ0) is 15.0. The third-order valence-corrected chi connectivity index (χ3v) is 10.7. The van der Waals surface area contributed by atoms with E-state index in [4.69, 9.17) is 0 Å². The Labute approximate surface area is 142 Å². The molecule has 0 aromatic heterocycles. The Hall–Kier alpha value is -1.56. The van der Waals surface area contributed by atoms with Gasteiger partial charge in [-0.15, -0.1) is 0 Å². The molecule has 11 rings (SSSR count). The molecule has 6 fully saturated rings. The van der Waals surface area contributed by atoms with Crippen molar-refractivity contribution in [3.63, 3.8) is 0 Å². The first-order valence-electron chi connectivity index (χ1n) is 10.1. The van der Waals surface area contributed by atoms with E-state index in [0.717, 1.165) is 47.3 Å². The van der Waals surface area contributed by atoms with Crippen molar-refractivity contribution in [1.29, 1.82) is 0 Å². The van der Waals surface area contributed by atoms with Crippen molar-refractivity contribution in [2.45, 2.75) is 24.7 Å². The van der Waals surface area contributed by atoms with Crippen LogP contribution in [-0.4, -0.2) is 0 Å². The highest BCUT2D eigenvalue weighted by atomic mass is 15.0. The van der Waals surface area contributed by atoms with Crippen LogP contribution in [0.4, 0.5) is 0 Å². The van der Waals surface area contributed by atoms with E-state index >= 15 is 0 Å². The fourth-order valence-electron chi connectivity index (χ4n) is 11.1. The van der Waals surface area contributed by atoms with Gasteiger partial charge in [0.15, 0.2) is 0 Å². The molecule has 9 aliphatic carbocycles. The molecule has 0 radical (unpaired) electrons. The van der Waals surface area contributed by atoms with Crippen LogP contribution in [0.25, 0.3) is 0 Å². The first-order valence-corrected chi connectivity index (χ1v) is 10.1. The predicted molar refractivity (Wildman–Crippen MR) is 91.6 cm³/mol. The van der Waals surface area contributed by atoms with Crippen molar-refractivity contribution < 1.29 is 0 Å². The van der Waals surface area contributed by atoms with Gasteiger partial charge >= 0.3 is 0 Å². The Morgan fingerprint density at radius 1 is 0.708 bits per heavy atom. The summed E-state index contributed by atoms with van der Waals surface area (Å²) in [5.74, 6) is 8.17. The smallest absolute Gasteiger partial charge is 0.0163 e. The highest BCUT2D eigenvalue weighted by Gasteiger charge is 2.99. The van der Waals surface area contributed by atoms with Crippen LogP contribution in [0.1, 0.15) is 46.9 Å².